The largest absolute Gasteiger partial charge is 0.378 e. The third-order valence-corrected chi connectivity index (χ3v) is 8.13. The van der Waals surface area contributed by atoms with Gasteiger partial charge in [0.15, 0.2) is 11.4 Å². The summed E-state index contributed by atoms with van der Waals surface area (Å²) in [6, 6.07) is 26.8. The van der Waals surface area contributed by atoms with Gasteiger partial charge in [-0.05, 0) is 99.2 Å². The van der Waals surface area contributed by atoms with E-state index in [4.69, 9.17) is 0 Å². The van der Waals surface area contributed by atoms with E-state index in [1.165, 1.54) is 67.3 Å². The molecule has 0 N–H and O–H groups in total. The van der Waals surface area contributed by atoms with E-state index in [-0.39, 0.29) is 0 Å². The van der Waals surface area contributed by atoms with Gasteiger partial charge in [0, 0.05) is 63.9 Å². The molecule has 0 aromatic heterocycles. The fourth-order valence-electron chi connectivity index (χ4n) is 5.54. The van der Waals surface area contributed by atoms with Crippen molar-refractivity contribution < 1.29 is 9.15 Å². The Morgan fingerprint density at radius 2 is 0.773 bits per heavy atom. The number of allylic oxidation sites excluding steroid dienone is 10. The molecule has 0 saturated heterocycles. The van der Waals surface area contributed by atoms with Crippen molar-refractivity contribution in [3.8, 4) is 0 Å². The lowest BCUT2D eigenvalue weighted by atomic mass is 9.86. The molecule has 44 heavy (non-hydrogen) atoms. The lowest BCUT2D eigenvalue weighted by Crippen LogP contribution is -2.10. The van der Waals surface area contributed by atoms with E-state index < -0.39 is 0 Å². The predicted molar refractivity (Wildman–Crippen MR) is 191 cm³/mol. The van der Waals surface area contributed by atoms with E-state index in [1.807, 2.05) is 0 Å². The van der Waals surface area contributed by atoms with Gasteiger partial charge in [-0.2, -0.15) is 0 Å². The fourth-order valence-corrected chi connectivity index (χ4v) is 5.54. The van der Waals surface area contributed by atoms with Gasteiger partial charge in [0.25, 0.3) is 0 Å². The maximum absolute atomic E-state index is 2.35. The molecule has 222 valence electrons. The molecule has 0 bridgehead atoms. The first-order valence-corrected chi connectivity index (χ1v) is 15.1. The molecule has 0 spiro atoms. The van der Waals surface area contributed by atoms with Gasteiger partial charge < -0.3 is 9.80 Å². The molecule has 0 unspecified atom stereocenters. The van der Waals surface area contributed by atoms with Crippen LogP contribution in [0.1, 0.15) is 22.3 Å². The van der Waals surface area contributed by atoms with Crippen molar-refractivity contribution in [3.63, 3.8) is 0 Å². The lowest BCUT2D eigenvalue weighted by Gasteiger charge is -2.19. The first-order valence-electron chi connectivity index (χ1n) is 15.1. The van der Waals surface area contributed by atoms with Crippen molar-refractivity contribution in [1.29, 1.82) is 0 Å². The molecule has 2 aliphatic carbocycles. The van der Waals surface area contributed by atoms with E-state index in [9.17, 15) is 0 Å². The van der Waals surface area contributed by atoms with Crippen LogP contribution < -0.4 is 9.80 Å². The average molecular weight is 581 g/mol. The average Bonchev–Trinajstić information content (AvgIpc) is 3.02. The van der Waals surface area contributed by atoms with Crippen molar-refractivity contribution in [2.45, 2.75) is 0 Å². The van der Waals surface area contributed by atoms with Crippen LogP contribution >= 0.6 is 0 Å². The van der Waals surface area contributed by atoms with Crippen LogP contribution in [0.3, 0.4) is 0 Å². The van der Waals surface area contributed by atoms with Gasteiger partial charge in [-0.25, -0.2) is 9.15 Å². The molecule has 3 aromatic carbocycles. The summed E-state index contributed by atoms with van der Waals surface area (Å²) in [5.74, 6) is 0. The second kappa shape index (κ2) is 13.1. The van der Waals surface area contributed by atoms with Crippen LogP contribution in [0.2, 0.25) is 0 Å². The van der Waals surface area contributed by atoms with E-state index in [2.05, 4.69) is 197 Å². The summed E-state index contributed by atoms with van der Waals surface area (Å²) in [6.07, 6.45) is 17.7. The van der Waals surface area contributed by atoms with E-state index in [1.54, 1.807) is 0 Å². The molecule has 0 atom stereocenters. The first-order chi connectivity index (χ1) is 21.1. The molecule has 0 fully saturated rings. The van der Waals surface area contributed by atoms with E-state index in [0.717, 1.165) is 0 Å². The van der Waals surface area contributed by atoms with Crippen LogP contribution in [-0.4, -0.2) is 77.0 Å². The number of benzene rings is 3. The highest BCUT2D eigenvalue weighted by Crippen LogP contribution is 2.36. The highest BCUT2D eigenvalue weighted by atomic mass is 15.1. The van der Waals surface area contributed by atoms with Gasteiger partial charge in [0.2, 0.25) is 0 Å². The number of rotatable bonds is 6. The molecule has 0 amide bonds. The maximum atomic E-state index is 2.35. The maximum Gasteiger partial charge on any atom is 0.199 e. The lowest BCUT2D eigenvalue weighted by molar-refractivity contribution is -0.462. The van der Waals surface area contributed by atoms with Crippen LogP contribution in [0, 0.1) is 0 Å². The normalized spacial score (nSPS) is 13.8. The fraction of sp³-hybridized carbons (Fsp3) is 0.200. The van der Waals surface area contributed by atoms with Gasteiger partial charge in [0.05, 0.1) is 0 Å². The first kappa shape index (κ1) is 30.5. The minimum Gasteiger partial charge on any atom is -0.378 e. The Balaban J connectivity index is 1.70. The topological polar surface area (TPSA) is 12.5 Å². The van der Waals surface area contributed by atoms with Gasteiger partial charge in [-0.3, -0.25) is 0 Å². The Morgan fingerprint density at radius 1 is 0.432 bits per heavy atom. The minimum absolute atomic E-state index is 1.18. The zero-order valence-electron chi connectivity index (χ0n) is 27.3. The molecule has 0 saturated carbocycles. The van der Waals surface area contributed by atoms with Crippen LogP contribution in [0.4, 0.5) is 11.4 Å². The van der Waals surface area contributed by atoms with Crippen LogP contribution in [0.25, 0.3) is 11.1 Å². The van der Waals surface area contributed by atoms with Crippen molar-refractivity contribution in [2.75, 3.05) is 66.2 Å². The highest BCUT2D eigenvalue weighted by Gasteiger charge is 2.17. The summed E-state index contributed by atoms with van der Waals surface area (Å²) in [7, 11) is 16.6. The van der Waals surface area contributed by atoms with E-state index >= 15 is 0 Å². The molecule has 3 aromatic rings. The highest BCUT2D eigenvalue weighted by molar-refractivity contribution is 6.05. The molecule has 0 heterocycles. The third-order valence-electron chi connectivity index (χ3n) is 8.13. The summed E-state index contributed by atoms with van der Waals surface area (Å²) >= 11 is 0. The monoisotopic (exact) mass is 580 g/mol. The number of anilines is 2. The van der Waals surface area contributed by atoms with E-state index in [0.29, 0.717) is 0 Å². The summed E-state index contributed by atoms with van der Waals surface area (Å²) in [5.41, 5.74) is 14.3. The molecule has 4 heteroatoms. The summed E-state index contributed by atoms with van der Waals surface area (Å²) in [6.45, 7) is 0. The minimum atomic E-state index is 1.18. The Bertz CT molecular complexity index is 1620. The second-order valence-corrected chi connectivity index (χ2v) is 12.1. The Morgan fingerprint density at radius 3 is 1.07 bits per heavy atom. The summed E-state index contributed by atoms with van der Waals surface area (Å²) in [4.78, 5) is 4.28. The molecular formula is C40H44N4+2. The molecule has 5 rings (SSSR count). The molecule has 4 nitrogen and oxygen atoms in total. The second-order valence-electron chi connectivity index (χ2n) is 12.1. The van der Waals surface area contributed by atoms with Gasteiger partial charge in [0.1, 0.15) is 28.2 Å². The van der Waals surface area contributed by atoms with Crippen molar-refractivity contribution in [3.05, 3.63) is 155 Å². The standard InChI is InChI=1S/C40H44N4/c1-41(2)35-20-12-29(13-21-35)39(30-14-22-36(23-15-30)42(3)4)33-10-9-11-34(28-33)40(31-16-24-37(25-17-31)43(5)6)32-18-26-38(27-19-32)44(7)8/h9-28H,1-8H3/q+2. The summed E-state index contributed by atoms with van der Waals surface area (Å²) < 4.78 is 4.28. The predicted octanol–water partition coefficient (Wildman–Crippen LogP) is 7.10. The number of nitrogens with zero attached hydrogens (tertiary/aromatic N) is 4. The molecule has 2 aliphatic rings. The van der Waals surface area contributed by atoms with Gasteiger partial charge in [-0.15, -0.1) is 0 Å². The Kier molecular flexibility index (Phi) is 9.10. The molecule has 0 radical (unpaired) electrons. The molecule has 0 aliphatic heterocycles. The van der Waals surface area contributed by atoms with Crippen molar-refractivity contribution in [2.24, 2.45) is 0 Å². The van der Waals surface area contributed by atoms with Crippen LogP contribution in [0.15, 0.2) is 133 Å². The van der Waals surface area contributed by atoms with Gasteiger partial charge in [-0.1, -0.05) is 42.5 Å². The third kappa shape index (κ3) is 6.65. The SMILES string of the molecule is CN(C)c1ccc(C(=C2C=CC(=[N+](C)C)C=C2)c2cccc(C(=C3C=CC(=[N+](C)C)C=C3)c3ccc(N(C)C)cc3)c2)cc1. The Labute approximate surface area is 263 Å². The zero-order chi connectivity index (χ0) is 31.4. The van der Waals surface area contributed by atoms with Crippen molar-refractivity contribution >= 4 is 33.9 Å². The van der Waals surface area contributed by atoms with Gasteiger partial charge >= 0.3 is 0 Å². The number of hydrogen-bond acceptors (Lipinski definition) is 2. The molecular weight excluding hydrogens is 536 g/mol. The quantitative estimate of drug-likeness (QED) is 0.289. The Hall–Kier alpha value is -4.96. The van der Waals surface area contributed by atoms with Crippen molar-refractivity contribution in [1.82, 2.24) is 0 Å². The smallest absolute Gasteiger partial charge is 0.199 e. The van der Waals surface area contributed by atoms with Crippen LogP contribution in [0.5, 0.6) is 0 Å². The number of hydrogen-bond donors (Lipinski definition) is 0. The zero-order valence-corrected chi connectivity index (χ0v) is 27.3. The van der Waals surface area contributed by atoms with Crippen LogP contribution in [-0.2, 0) is 0 Å². The summed E-state index contributed by atoms with van der Waals surface area (Å²) in [5, 5.41) is 0.